The Morgan fingerprint density at radius 2 is 2.50 bits per heavy atom. The van der Waals surface area contributed by atoms with Crippen LogP contribution in [-0.2, 0) is 0 Å². The highest BCUT2D eigenvalue weighted by molar-refractivity contribution is 7.99. The summed E-state index contributed by atoms with van der Waals surface area (Å²) in [6, 6.07) is 0. The van der Waals surface area contributed by atoms with E-state index >= 15 is 0 Å². The maximum Gasteiger partial charge on any atom is 0.0262 e. The standard InChI is InChI=1S/C11H16S/c1-3-4-5-10-6-8-11(12-2)9-7-10/h4-8,11H,3,9H2,1-2H3/b5-4+. The molecule has 0 aromatic carbocycles. The van der Waals surface area contributed by atoms with E-state index in [4.69, 9.17) is 0 Å². The summed E-state index contributed by atoms with van der Waals surface area (Å²) in [5.41, 5.74) is 1.36. The molecule has 1 heteroatoms. The maximum absolute atomic E-state index is 2.31. The Bertz CT molecular complexity index is 211. The van der Waals surface area contributed by atoms with Crippen LogP contribution in [0.15, 0.2) is 36.0 Å². The molecule has 0 aliphatic heterocycles. The van der Waals surface area contributed by atoms with Crippen LogP contribution in [0.4, 0.5) is 0 Å². The Labute approximate surface area is 79.4 Å². The predicted molar refractivity (Wildman–Crippen MR) is 58.6 cm³/mol. The molecule has 1 aliphatic carbocycles. The zero-order chi connectivity index (χ0) is 8.81. The Balaban J connectivity index is 2.46. The third kappa shape index (κ3) is 2.90. The van der Waals surface area contributed by atoms with Crippen molar-refractivity contribution >= 4 is 11.8 Å². The van der Waals surface area contributed by atoms with Crippen LogP contribution in [-0.4, -0.2) is 11.5 Å². The van der Waals surface area contributed by atoms with Crippen molar-refractivity contribution in [3.63, 3.8) is 0 Å². The Hall–Kier alpha value is -0.430. The van der Waals surface area contributed by atoms with E-state index in [1.165, 1.54) is 12.0 Å². The largest absolute Gasteiger partial charge is 0.158 e. The first-order chi connectivity index (χ1) is 5.86. The number of rotatable bonds is 3. The monoisotopic (exact) mass is 180 g/mol. The lowest BCUT2D eigenvalue weighted by Gasteiger charge is -2.11. The van der Waals surface area contributed by atoms with Gasteiger partial charge in [0.25, 0.3) is 0 Å². The molecule has 0 spiro atoms. The van der Waals surface area contributed by atoms with Gasteiger partial charge in [-0.25, -0.2) is 0 Å². The van der Waals surface area contributed by atoms with Gasteiger partial charge in [0.15, 0.2) is 0 Å². The van der Waals surface area contributed by atoms with Crippen LogP contribution >= 0.6 is 11.8 Å². The second-order valence-electron chi connectivity index (χ2n) is 2.88. The van der Waals surface area contributed by atoms with Crippen molar-refractivity contribution in [3.8, 4) is 0 Å². The molecule has 0 N–H and O–H groups in total. The minimum atomic E-state index is 0.698. The van der Waals surface area contributed by atoms with Crippen molar-refractivity contribution in [1.82, 2.24) is 0 Å². The molecule has 12 heavy (non-hydrogen) atoms. The summed E-state index contributed by atoms with van der Waals surface area (Å²) in [6.07, 6.45) is 15.7. The maximum atomic E-state index is 2.31. The summed E-state index contributed by atoms with van der Waals surface area (Å²) in [4.78, 5) is 0. The van der Waals surface area contributed by atoms with Crippen LogP contribution < -0.4 is 0 Å². The number of thioether (sulfide) groups is 1. The third-order valence-electron chi connectivity index (χ3n) is 1.94. The van der Waals surface area contributed by atoms with E-state index in [1.54, 1.807) is 0 Å². The van der Waals surface area contributed by atoms with Gasteiger partial charge in [-0.2, -0.15) is 11.8 Å². The summed E-state index contributed by atoms with van der Waals surface area (Å²) < 4.78 is 0. The lowest BCUT2D eigenvalue weighted by Crippen LogP contribution is -1.99. The number of allylic oxidation sites excluding steroid dienone is 5. The minimum Gasteiger partial charge on any atom is -0.158 e. The van der Waals surface area contributed by atoms with Crippen LogP contribution in [0.3, 0.4) is 0 Å². The van der Waals surface area contributed by atoms with Crippen molar-refractivity contribution in [2.24, 2.45) is 0 Å². The van der Waals surface area contributed by atoms with Crippen LogP contribution in [0, 0.1) is 0 Å². The summed E-state index contributed by atoms with van der Waals surface area (Å²) in [5, 5.41) is 0.698. The fourth-order valence-electron chi connectivity index (χ4n) is 1.17. The van der Waals surface area contributed by atoms with Crippen molar-refractivity contribution in [2.75, 3.05) is 6.26 Å². The molecule has 0 saturated carbocycles. The third-order valence-corrected chi connectivity index (χ3v) is 2.89. The highest BCUT2D eigenvalue weighted by atomic mass is 32.2. The second-order valence-corrected chi connectivity index (χ2v) is 3.96. The van der Waals surface area contributed by atoms with Gasteiger partial charge in [0, 0.05) is 5.25 Å². The zero-order valence-electron chi connectivity index (χ0n) is 7.79. The topological polar surface area (TPSA) is 0 Å². The van der Waals surface area contributed by atoms with Crippen molar-refractivity contribution in [1.29, 1.82) is 0 Å². The van der Waals surface area contributed by atoms with Crippen molar-refractivity contribution < 1.29 is 0 Å². The molecule has 66 valence electrons. The number of hydrogen-bond acceptors (Lipinski definition) is 1. The predicted octanol–water partition coefficient (Wildman–Crippen LogP) is 3.57. The molecule has 0 bridgehead atoms. The zero-order valence-corrected chi connectivity index (χ0v) is 8.60. The highest BCUT2D eigenvalue weighted by Gasteiger charge is 2.04. The van der Waals surface area contributed by atoms with E-state index in [0.717, 1.165) is 6.42 Å². The Kier molecular flexibility index (Phi) is 4.23. The van der Waals surface area contributed by atoms with Gasteiger partial charge in [-0.1, -0.05) is 37.3 Å². The average molecular weight is 180 g/mol. The molecule has 1 unspecified atom stereocenters. The van der Waals surface area contributed by atoms with Gasteiger partial charge in [0.2, 0.25) is 0 Å². The number of hydrogen-bond donors (Lipinski definition) is 0. The van der Waals surface area contributed by atoms with E-state index in [2.05, 4.69) is 43.6 Å². The van der Waals surface area contributed by atoms with Crippen molar-refractivity contribution in [2.45, 2.75) is 25.0 Å². The van der Waals surface area contributed by atoms with Crippen LogP contribution in [0.2, 0.25) is 0 Å². The Morgan fingerprint density at radius 1 is 1.67 bits per heavy atom. The van der Waals surface area contributed by atoms with Gasteiger partial charge in [0.05, 0.1) is 0 Å². The Morgan fingerprint density at radius 3 is 3.00 bits per heavy atom. The fourth-order valence-corrected chi connectivity index (χ4v) is 1.69. The molecule has 0 aromatic rings. The first kappa shape index (κ1) is 9.66. The molecular weight excluding hydrogens is 164 g/mol. The van der Waals surface area contributed by atoms with E-state index in [9.17, 15) is 0 Å². The molecule has 0 radical (unpaired) electrons. The molecule has 1 aliphatic rings. The highest BCUT2D eigenvalue weighted by Crippen LogP contribution is 2.20. The van der Waals surface area contributed by atoms with Gasteiger partial charge in [0.1, 0.15) is 0 Å². The lowest BCUT2D eigenvalue weighted by molar-refractivity contribution is 1.05. The molecule has 0 saturated heterocycles. The smallest absolute Gasteiger partial charge is 0.0262 e. The summed E-state index contributed by atoms with van der Waals surface area (Å²) in [6.45, 7) is 2.16. The van der Waals surface area contributed by atoms with Crippen LogP contribution in [0.25, 0.3) is 0 Å². The summed E-state index contributed by atoms with van der Waals surface area (Å²) >= 11 is 1.92. The first-order valence-electron chi connectivity index (χ1n) is 4.44. The molecule has 0 amide bonds. The summed E-state index contributed by atoms with van der Waals surface area (Å²) in [7, 11) is 0. The SMILES string of the molecule is CC/C=C/C1=CCC(SC)C=C1. The van der Waals surface area contributed by atoms with Gasteiger partial charge >= 0.3 is 0 Å². The molecule has 0 nitrogen and oxygen atoms in total. The van der Waals surface area contributed by atoms with Crippen molar-refractivity contribution in [3.05, 3.63) is 36.0 Å². The van der Waals surface area contributed by atoms with Crippen LogP contribution in [0.5, 0.6) is 0 Å². The van der Waals surface area contributed by atoms with E-state index in [1.807, 2.05) is 11.8 Å². The average Bonchev–Trinajstić information content (AvgIpc) is 2.15. The molecular formula is C11H16S. The van der Waals surface area contributed by atoms with Gasteiger partial charge < -0.3 is 0 Å². The second kappa shape index (κ2) is 5.26. The quantitative estimate of drug-likeness (QED) is 0.640. The normalized spacial score (nSPS) is 23.2. The van der Waals surface area contributed by atoms with Gasteiger partial charge in [-0.05, 0) is 24.7 Å². The first-order valence-corrected chi connectivity index (χ1v) is 5.73. The summed E-state index contributed by atoms with van der Waals surface area (Å²) in [5.74, 6) is 0. The molecule has 1 atom stereocenters. The van der Waals surface area contributed by atoms with Crippen LogP contribution in [0.1, 0.15) is 19.8 Å². The van der Waals surface area contributed by atoms with Gasteiger partial charge in [-0.15, -0.1) is 0 Å². The minimum absolute atomic E-state index is 0.698. The van der Waals surface area contributed by atoms with Gasteiger partial charge in [-0.3, -0.25) is 0 Å². The fraction of sp³-hybridized carbons (Fsp3) is 0.455. The van der Waals surface area contributed by atoms with E-state index in [-0.39, 0.29) is 0 Å². The molecule has 0 heterocycles. The lowest BCUT2D eigenvalue weighted by atomic mass is 10.1. The molecule has 1 rings (SSSR count). The molecule has 0 fully saturated rings. The van der Waals surface area contributed by atoms with E-state index in [0.29, 0.717) is 5.25 Å². The molecule has 0 aromatic heterocycles. The van der Waals surface area contributed by atoms with E-state index < -0.39 is 0 Å².